The van der Waals surface area contributed by atoms with E-state index in [0.29, 0.717) is 12.1 Å². The lowest BCUT2D eigenvalue weighted by Crippen LogP contribution is -2.33. The summed E-state index contributed by atoms with van der Waals surface area (Å²) in [6.45, 7) is 4.73. The van der Waals surface area contributed by atoms with Gasteiger partial charge in [0.25, 0.3) is 0 Å². The van der Waals surface area contributed by atoms with E-state index in [1.165, 1.54) is 6.07 Å². The van der Waals surface area contributed by atoms with Crippen LogP contribution in [-0.2, 0) is 6.54 Å². The summed E-state index contributed by atoms with van der Waals surface area (Å²) in [6, 6.07) is 5.13. The van der Waals surface area contributed by atoms with Gasteiger partial charge in [-0.1, -0.05) is 6.07 Å². The van der Waals surface area contributed by atoms with Crippen molar-refractivity contribution in [3.63, 3.8) is 0 Å². The monoisotopic (exact) mass is 267 g/mol. The first-order chi connectivity index (χ1) is 9.26. The van der Waals surface area contributed by atoms with E-state index in [-0.39, 0.29) is 19.0 Å². The van der Waals surface area contributed by atoms with Crippen molar-refractivity contribution < 1.29 is 9.50 Å². The van der Waals surface area contributed by atoms with Gasteiger partial charge in [0.2, 0.25) is 0 Å². The lowest BCUT2D eigenvalue weighted by molar-refractivity contribution is 0.204. The molecule has 0 spiro atoms. The second-order valence-electron chi connectivity index (χ2n) is 4.85. The van der Waals surface area contributed by atoms with Crippen molar-refractivity contribution in [1.29, 1.82) is 0 Å². The highest BCUT2D eigenvalue weighted by Crippen LogP contribution is 2.24. The van der Waals surface area contributed by atoms with E-state index in [4.69, 9.17) is 10.8 Å². The Balaban J connectivity index is 2.12. The molecule has 1 fully saturated rings. The Morgan fingerprint density at radius 2 is 2.05 bits per heavy atom. The molecular weight excluding hydrogens is 245 g/mol. The maximum Gasteiger partial charge on any atom is 0.129 e. The van der Waals surface area contributed by atoms with E-state index in [1.54, 1.807) is 6.07 Å². The first-order valence-electron chi connectivity index (χ1n) is 6.82. The number of aliphatic hydroxyl groups is 1. The molecule has 1 aromatic rings. The van der Waals surface area contributed by atoms with Gasteiger partial charge in [0.05, 0.1) is 6.61 Å². The molecule has 19 heavy (non-hydrogen) atoms. The minimum absolute atomic E-state index is 0.189. The molecule has 1 heterocycles. The number of aliphatic hydroxyl groups excluding tert-OH is 1. The number of anilines is 1. The first-order valence-corrected chi connectivity index (χ1v) is 6.82. The van der Waals surface area contributed by atoms with Gasteiger partial charge >= 0.3 is 0 Å². The van der Waals surface area contributed by atoms with Gasteiger partial charge in [0.1, 0.15) is 5.82 Å². The molecule has 0 aliphatic carbocycles. The zero-order valence-corrected chi connectivity index (χ0v) is 11.2. The highest BCUT2D eigenvalue weighted by molar-refractivity contribution is 5.54. The largest absolute Gasteiger partial charge is 0.395 e. The highest BCUT2D eigenvalue weighted by Gasteiger charge is 2.18. The lowest BCUT2D eigenvalue weighted by Gasteiger charge is -2.25. The van der Waals surface area contributed by atoms with Gasteiger partial charge in [-0.15, -0.1) is 0 Å². The normalized spacial score (nSPS) is 17.5. The molecule has 5 heteroatoms. The Morgan fingerprint density at radius 1 is 1.21 bits per heavy atom. The zero-order chi connectivity index (χ0) is 13.7. The number of halogens is 1. The van der Waals surface area contributed by atoms with Gasteiger partial charge in [-0.2, -0.15) is 0 Å². The summed E-state index contributed by atoms with van der Waals surface area (Å²) in [5.41, 5.74) is 7.17. The quantitative estimate of drug-likeness (QED) is 0.847. The van der Waals surface area contributed by atoms with E-state index in [9.17, 15) is 4.39 Å². The van der Waals surface area contributed by atoms with E-state index in [0.717, 1.165) is 38.3 Å². The van der Waals surface area contributed by atoms with Crippen molar-refractivity contribution >= 4 is 5.69 Å². The van der Waals surface area contributed by atoms with Crippen LogP contribution in [0.15, 0.2) is 18.2 Å². The van der Waals surface area contributed by atoms with Crippen molar-refractivity contribution in [3.8, 4) is 0 Å². The molecular formula is C14H22FN3O. The number of nitrogens with zero attached hydrogens (tertiary/aromatic N) is 2. The van der Waals surface area contributed by atoms with Crippen molar-refractivity contribution in [3.05, 3.63) is 29.6 Å². The molecule has 0 saturated carbocycles. The van der Waals surface area contributed by atoms with Crippen LogP contribution >= 0.6 is 0 Å². The summed E-state index contributed by atoms with van der Waals surface area (Å²) in [6.07, 6.45) is 1.01. The second kappa shape index (κ2) is 6.84. The summed E-state index contributed by atoms with van der Waals surface area (Å²) in [4.78, 5) is 4.43. The Morgan fingerprint density at radius 3 is 2.79 bits per heavy atom. The van der Waals surface area contributed by atoms with Crippen LogP contribution in [-0.4, -0.2) is 49.3 Å². The number of benzene rings is 1. The van der Waals surface area contributed by atoms with Crippen molar-refractivity contribution in [2.45, 2.75) is 13.0 Å². The summed E-state index contributed by atoms with van der Waals surface area (Å²) < 4.78 is 13.8. The topological polar surface area (TPSA) is 52.7 Å². The third-order valence-corrected chi connectivity index (χ3v) is 3.64. The van der Waals surface area contributed by atoms with E-state index in [1.807, 2.05) is 6.07 Å². The molecule has 0 unspecified atom stereocenters. The summed E-state index contributed by atoms with van der Waals surface area (Å²) >= 11 is 0. The third kappa shape index (κ3) is 3.43. The molecule has 1 saturated heterocycles. The van der Waals surface area contributed by atoms with E-state index >= 15 is 0 Å². The molecule has 0 atom stereocenters. The van der Waals surface area contributed by atoms with E-state index < -0.39 is 0 Å². The molecule has 2 rings (SSSR count). The lowest BCUT2D eigenvalue weighted by atomic mass is 10.1. The van der Waals surface area contributed by atoms with Crippen LogP contribution in [0, 0.1) is 5.82 Å². The van der Waals surface area contributed by atoms with Crippen LogP contribution < -0.4 is 10.6 Å². The number of rotatable bonds is 4. The van der Waals surface area contributed by atoms with Crippen LogP contribution in [0.4, 0.5) is 10.1 Å². The molecule has 0 bridgehead atoms. The Kier molecular flexibility index (Phi) is 5.13. The minimum Gasteiger partial charge on any atom is -0.395 e. The first kappa shape index (κ1) is 14.2. The standard InChI is InChI=1S/C14H22FN3O/c15-13-3-1-4-14(12(13)11-16)18-6-2-5-17(7-8-18)9-10-19/h1,3-4,19H,2,5-11,16H2. The molecule has 1 aliphatic heterocycles. The van der Waals surface area contributed by atoms with E-state index in [2.05, 4.69) is 9.80 Å². The SMILES string of the molecule is NCc1c(F)cccc1N1CCCN(CCO)CC1. The molecule has 1 aliphatic rings. The van der Waals surface area contributed by atoms with Crippen molar-refractivity contribution in [2.24, 2.45) is 5.73 Å². The molecule has 4 nitrogen and oxygen atoms in total. The molecule has 106 valence electrons. The van der Waals surface area contributed by atoms with Crippen molar-refractivity contribution in [2.75, 3.05) is 44.2 Å². The van der Waals surface area contributed by atoms with Gasteiger partial charge in [-0.05, 0) is 25.1 Å². The minimum atomic E-state index is -0.225. The molecule has 1 aromatic carbocycles. The predicted molar refractivity (Wildman–Crippen MR) is 74.6 cm³/mol. The van der Waals surface area contributed by atoms with Gasteiger partial charge in [-0.3, -0.25) is 4.90 Å². The van der Waals surface area contributed by atoms with Gasteiger partial charge < -0.3 is 15.7 Å². The zero-order valence-electron chi connectivity index (χ0n) is 11.2. The third-order valence-electron chi connectivity index (χ3n) is 3.64. The van der Waals surface area contributed by atoms with Gasteiger partial charge in [0.15, 0.2) is 0 Å². The maximum absolute atomic E-state index is 13.8. The molecule has 0 radical (unpaired) electrons. The Bertz CT molecular complexity index is 414. The van der Waals surface area contributed by atoms with Gasteiger partial charge in [0, 0.05) is 44.0 Å². The Labute approximate surface area is 113 Å². The average molecular weight is 267 g/mol. The fourth-order valence-electron chi connectivity index (χ4n) is 2.62. The van der Waals surface area contributed by atoms with Crippen molar-refractivity contribution in [1.82, 2.24) is 4.90 Å². The average Bonchev–Trinajstić information content (AvgIpc) is 2.64. The summed E-state index contributed by atoms with van der Waals surface area (Å²) in [5.74, 6) is -0.225. The fourth-order valence-corrected chi connectivity index (χ4v) is 2.62. The van der Waals surface area contributed by atoms with Crippen LogP contribution in [0.25, 0.3) is 0 Å². The van der Waals surface area contributed by atoms with Gasteiger partial charge in [-0.25, -0.2) is 4.39 Å². The molecule has 0 aromatic heterocycles. The fraction of sp³-hybridized carbons (Fsp3) is 0.571. The van der Waals surface area contributed by atoms with Crippen LogP contribution in [0.1, 0.15) is 12.0 Å². The predicted octanol–water partition coefficient (Wildman–Crippen LogP) is 0.789. The smallest absolute Gasteiger partial charge is 0.129 e. The van der Waals surface area contributed by atoms with Crippen LogP contribution in [0.3, 0.4) is 0 Å². The molecule has 0 amide bonds. The number of nitrogens with two attached hydrogens (primary N) is 1. The second-order valence-corrected chi connectivity index (χ2v) is 4.85. The number of hydrogen-bond acceptors (Lipinski definition) is 4. The van der Waals surface area contributed by atoms with Crippen LogP contribution in [0.5, 0.6) is 0 Å². The highest BCUT2D eigenvalue weighted by atomic mass is 19.1. The summed E-state index contributed by atoms with van der Waals surface area (Å²) in [7, 11) is 0. The molecule has 3 N–H and O–H groups in total. The maximum atomic E-state index is 13.8. The summed E-state index contributed by atoms with van der Waals surface area (Å²) in [5, 5.41) is 8.99. The Hall–Kier alpha value is -1.17. The number of β-amino-alcohol motifs (C(OH)–C–C–N with tert-alkyl or cyclic N) is 1. The number of hydrogen-bond donors (Lipinski definition) is 2. The van der Waals surface area contributed by atoms with Crippen LogP contribution in [0.2, 0.25) is 0 Å².